The monoisotopic (exact) mass is 1060 g/mol. The lowest BCUT2D eigenvalue weighted by Crippen LogP contribution is -2.33. The van der Waals surface area contributed by atoms with E-state index in [1.54, 1.807) is 0 Å². The predicted octanol–water partition coefficient (Wildman–Crippen LogP) is 5.76. The van der Waals surface area contributed by atoms with Gasteiger partial charge in [0.25, 0.3) is 0 Å². The molecule has 0 amide bonds. The van der Waals surface area contributed by atoms with Crippen LogP contribution in [0.4, 0.5) is 5.82 Å². The van der Waals surface area contributed by atoms with Crippen molar-refractivity contribution in [3.05, 3.63) is 6.33 Å². The number of hydrogen-bond donors (Lipinski definition) is 8. The molecule has 0 spiro atoms. The highest BCUT2D eigenvalue weighted by Gasteiger charge is 2.47. The zero-order valence-corrected chi connectivity index (χ0v) is 46.6. The van der Waals surface area contributed by atoms with Crippen molar-refractivity contribution in [2.24, 2.45) is 5.73 Å². The molecule has 3 heterocycles. The largest absolute Gasteiger partial charge is 0.490 e. The number of nitrogens with two attached hydrogens (primary N) is 2. The first-order valence-electron chi connectivity index (χ1n) is 24.0. The molecule has 3 rings (SSSR count). The van der Waals surface area contributed by atoms with Gasteiger partial charge in [-0.3, -0.25) is 9.09 Å². The molecule has 0 aromatic carbocycles. The Labute approximate surface area is 411 Å². The molecule has 2 aromatic heterocycles. The summed E-state index contributed by atoms with van der Waals surface area (Å²) in [5.41, 5.74) is 11.9. The average molecular weight is 1060 g/mol. The lowest BCUT2D eigenvalue weighted by Gasteiger charge is -2.19. The molecule has 0 radical (unpaired) electrons. The molecule has 23 nitrogen and oxygen atoms in total. The number of fused-ring (bicyclic) bond motifs is 1. The highest BCUT2D eigenvalue weighted by molar-refractivity contribution is 7.99. The Morgan fingerprint density at radius 2 is 1.07 bits per heavy atom. The standard InChI is InChI=1S/C17H31N6O13P3S.4C6H15N/c18-6-4-2-1-3-5-7-40-17-21-14(19)11-15(22-17)23(9-20-11)16-13(25)12(24)10(34-16)8-33-38(29,30)36-39(31,32)35-37(26,27)28;4*1-4-7(5-2)6-3/h9-10,12-13,16,24-25H,1-8,18H2,(H,29,30)(H,31,32)(H2,19,21,22)(H2,26,27,28);4*4-6H2,1-3H3/t10-,12-,13-,16-;;;;/m1..../s1. The third-order valence-corrected chi connectivity index (χ3v) is 15.5. The number of hydrogen-bond acceptors (Lipinski definition) is 19. The third-order valence-electron chi connectivity index (χ3n) is 10.8. The van der Waals surface area contributed by atoms with Crippen LogP contribution in [0.25, 0.3) is 11.2 Å². The number of phosphoric ester groups is 1. The van der Waals surface area contributed by atoms with E-state index in [1.807, 2.05) is 0 Å². The third kappa shape index (κ3) is 29.3. The minimum atomic E-state index is -5.73. The van der Waals surface area contributed by atoms with Gasteiger partial charge in [0.05, 0.1) is 12.9 Å². The van der Waals surface area contributed by atoms with Gasteiger partial charge in [-0.2, -0.15) is 8.62 Å². The lowest BCUT2D eigenvalue weighted by molar-refractivity contribution is -0.0503. The Morgan fingerprint density at radius 3 is 1.47 bits per heavy atom. The van der Waals surface area contributed by atoms with Crippen LogP contribution in [0.3, 0.4) is 0 Å². The quantitative estimate of drug-likeness (QED) is 0.0217. The molecule has 0 aliphatic carbocycles. The van der Waals surface area contributed by atoms with E-state index in [0.717, 1.165) is 37.9 Å². The molecule has 2 aromatic rings. The summed E-state index contributed by atoms with van der Waals surface area (Å²) in [4.78, 5) is 58.4. The van der Waals surface area contributed by atoms with Crippen LogP contribution >= 0.6 is 35.2 Å². The van der Waals surface area contributed by atoms with E-state index in [0.29, 0.717) is 11.7 Å². The summed E-state index contributed by atoms with van der Waals surface area (Å²) in [6.45, 7) is 40.2. The maximum atomic E-state index is 12.0. The van der Waals surface area contributed by atoms with Crippen LogP contribution < -0.4 is 11.5 Å². The van der Waals surface area contributed by atoms with Crippen LogP contribution in [-0.4, -0.2) is 185 Å². The van der Waals surface area contributed by atoms with E-state index in [-0.39, 0.29) is 17.0 Å². The Hall–Kier alpha value is -1.21. The smallest absolute Gasteiger partial charge is 0.387 e. The number of nitrogens with zero attached hydrogens (tertiary/aromatic N) is 8. The first kappa shape index (κ1) is 68.9. The van der Waals surface area contributed by atoms with Gasteiger partial charge in [-0.25, -0.2) is 28.6 Å². The molecule has 1 saturated heterocycles. The summed E-state index contributed by atoms with van der Waals surface area (Å²) in [5, 5.41) is 21.3. The number of anilines is 1. The molecule has 27 heteroatoms. The zero-order chi connectivity index (χ0) is 52.5. The van der Waals surface area contributed by atoms with Gasteiger partial charge >= 0.3 is 23.5 Å². The Balaban J connectivity index is 0. The fourth-order valence-corrected chi connectivity index (χ4v) is 10.2. The molecule has 6 atom stereocenters. The topological polar surface area (TPSA) is 318 Å². The van der Waals surface area contributed by atoms with Crippen molar-refractivity contribution in [3.63, 3.8) is 0 Å². The number of aromatic nitrogens is 4. The van der Waals surface area contributed by atoms with E-state index >= 15 is 0 Å². The maximum Gasteiger partial charge on any atom is 0.490 e. The van der Waals surface area contributed by atoms with Crippen LogP contribution in [0.2, 0.25) is 0 Å². The highest BCUT2D eigenvalue weighted by Crippen LogP contribution is 2.66. The fraction of sp³-hybridized carbons (Fsp3) is 0.878. The van der Waals surface area contributed by atoms with Crippen LogP contribution in [-0.2, 0) is 31.6 Å². The van der Waals surface area contributed by atoms with Crippen molar-refractivity contribution in [2.45, 2.75) is 145 Å². The van der Waals surface area contributed by atoms with Crippen molar-refractivity contribution in [2.75, 3.05) is 103 Å². The fourth-order valence-electron chi connectivity index (χ4n) is 6.36. The summed E-state index contributed by atoms with van der Waals surface area (Å²) in [7, 11) is -16.8. The molecule has 2 unspecified atom stereocenters. The van der Waals surface area contributed by atoms with Gasteiger partial charge < -0.3 is 65.6 Å². The van der Waals surface area contributed by atoms with Crippen molar-refractivity contribution < 1.29 is 61.4 Å². The minimum absolute atomic E-state index is 0.0754. The number of rotatable bonds is 28. The Morgan fingerprint density at radius 1 is 0.647 bits per heavy atom. The SMILES string of the molecule is CCN(CC)CC.CCN(CC)CC.CCN(CC)CC.CCN(CC)CC.NCCCCCCCSc1nc(N)c2ncn([C@@H]3O[C@H](COP(=O)(O)OP(=O)(O)OP(=O)(O)O)[C@@H](O)[C@H]3O)c2n1. The number of thioether (sulfide) groups is 1. The maximum absolute atomic E-state index is 12.0. The highest BCUT2D eigenvalue weighted by atomic mass is 32.2. The van der Waals surface area contributed by atoms with Crippen molar-refractivity contribution in [1.82, 2.24) is 39.1 Å². The van der Waals surface area contributed by atoms with Crippen LogP contribution in [0.15, 0.2) is 11.5 Å². The summed E-state index contributed by atoms with van der Waals surface area (Å²) in [6, 6.07) is 0. The van der Waals surface area contributed by atoms with Gasteiger partial charge in [0, 0.05) is 5.75 Å². The average Bonchev–Trinajstić information content (AvgIpc) is 3.84. The number of phosphoric acid groups is 3. The lowest BCUT2D eigenvalue weighted by atomic mass is 10.1. The number of ether oxygens (including phenoxy) is 1. The van der Waals surface area contributed by atoms with E-state index in [2.05, 4.69) is 131 Å². The number of unbranched alkanes of at least 4 members (excludes halogenated alkanes) is 4. The molecular formula is C41H91N10O13P3S. The summed E-state index contributed by atoms with van der Waals surface area (Å²) >= 11 is 1.37. The molecule has 1 aliphatic rings. The summed E-state index contributed by atoms with van der Waals surface area (Å²) in [5.74, 6) is 0.803. The minimum Gasteiger partial charge on any atom is -0.387 e. The van der Waals surface area contributed by atoms with E-state index in [4.69, 9.17) is 26.0 Å². The van der Waals surface area contributed by atoms with Crippen molar-refractivity contribution >= 4 is 52.2 Å². The van der Waals surface area contributed by atoms with E-state index in [1.165, 1.54) is 101 Å². The predicted molar refractivity (Wildman–Crippen MR) is 272 cm³/mol. The van der Waals surface area contributed by atoms with Crippen molar-refractivity contribution in [3.8, 4) is 0 Å². The van der Waals surface area contributed by atoms with Crippen LogP contribution in [0.5, 0.6) is 0 Å². The van der Waals surface area contributed by atoms with E-state index in [9.17, 15) is 33.7 Å². The van der Waals surface area contributed by atoms with Gasteiger partial charge in [-0.1, -0.05) is 114 Å². The second-order valence-electron chi connectivity index (χ2n) is 15.0. The number of imidazole rings is 1. The molecule has 0 bridgehead atoms. The van der Waals surface area contributed by atoms with Gasteiger partial charge in [0.1, 0.15) is 23.8 Å². The second kappa shape index (κ2) is 38.4. The molecular weight excluding hydrogens is 965 g/mol. The molecule has 404 valence electrons. The zero-order valence-electron chi connectivity index (χ0n) is 43.1. The molecule has 10 N–H and O–H groups in total. The molecule has 1 aliphatic heterocycles. The molecule has 1 fully saturated rings. The summed E-state index contributed by atoms with van der Waals surface area (Å²) in [6.07, 6.45) is 0.189. The van der Waals surface area contributed by atoms with Crippen molar-refractivity contribution in [1.29, 1.82) is 0 Å². The van der Waals surface area contributed by atoms with Gasteiger partial charge in [0.2, 0.25) is 0 Å². The molecule has 0 saturated carbocycles. The van der Waals surface area contributed by atoms with Gasteiger partial charge in [0.15, 0.2) is 22.8 Å². The van der Waals surface area contributed by atoms with Crippen LogP contribution in [0.1, 0.15) is 121 Å². The Kier molecular flexibility index (Phi) is 38.9. The van der Waals surface area contributed by atoms with Gasteiger partial charge in [-0.15, -0.1) is 0 Å². The Bertz CT molecular complexity index is 1640. The number of nitrogen functional groups attached to an aromatic ring is 1. The number of aliphatic hydroxyl groups excluding tert-OH is 2. The normalized spacial score (nSPS) is 18.8. The molecule has 68 heavy (non-hydrogen) atoms. The number of aliphatic hydroxyl groups is 2. The summed E-state index contributed by atoms with van der Waals surface area (Å²) < 4.78 is 52.8. The van der Waals surface area contributed by atoms with Crippen LogP contribution in [0, 0.1) is 0 Å². The first-order chi connectivity index (χ1) is 32.0. The van der Waals surface area contributed by atoms with Gasteiger partial charge in [-0.05, 0) is 97.9 Å². The first-order valence-corrected chi connectivity index (χ1v) is 29.5. The van der Waals surface area contributed by atoms with E-state index < -0.39 is 54.6 Å². The second-order valence-corrected chi connectivity index (χ2v) is 20.5.